The summed E-state index contributed by atoms with van der Waals surface area (Å²) in [6.45, 7) is 1.94. The second-order valence-electron chi connectivity index (χ2n) is 10.5. The molecule has 0 saturated heterocycles. The summed E-state index contributed by atoms with van der Waals surface area (Å²) in [5.41, 5.74) is 4.97. The van der Waals surface area contributed by atoms with E-state index in [4.69, 9.17) is 0 Å². The SMILES string of the molecule is Cc1ccccc1N(C)C(=O)Nc1ccc(CC(=O)N(C)c2cccc(C(CCC(=O)O)NC(=O)c3ccccc3)c2)cc1. The second-order valence-corrected chi connectivity index (χ2v) is 10.5. The van der Waals surface area contributed by atoms with Crippen molar-refractivity contribution in [3.05, 3.63) is 125 Å². The van der Waals surface area contributed by atoms with Crippen LogP contribution in [-0.2, 0) is 16.0 Å². The van der Waals surface area contributed by atoms with Gasteiger partial charge in [-0.2, -0.15) is 0 Å². The Bertz CT molecular complexity index is 1620. The van der Waals surface area contributed by atoms with Gasteiger partial charge in [0.15, 0.2) is 0 Å². The summed E-state index contributed by atoms with van der Waals surface area (Å²) >= 11 is 0. The number of nitrogens with one attached hydrogen (secondary N) is 2. The molecular weight excluding hydrogens is 556 g/mol. The number of carbonyl (C=O) groups is 4. The molecule has 1 unspecified atom stereocenters. The number of carboxylic acids is 1. The average Bonchev–Trinajstić information content (AvgIpc) is 3.03. The second kappa shape index (κ2) is 14.6. The first-order chi connectivity index (χ1) is 21.1. The van der Waals surface area contributed by atoms with Gasteiger partial charge >= 0.3 is 12.0 Å². The van der Waals surface area contributed by atoms with Gasteiger partial charge < -0.3 is 20.6 Å². The van der Waals surface area contributed by atoms with Gasteiger partial charge in [0.05, 0.1) is 12.5 Å². The van der Waals surface area contributed by atoms with Crippen molar-refractivity contribution in [3.8, 4) is 0 Å². The summed E-state index contributed by atoms with van der Waals surface area (Å²) in [5, 5.41) is 15.1. The molecule has 0 aliphatic heterocycles. The van der Waals surface area contributed by atoms with E-state index in [1.807, 2.05) is 43.3 Å². The van der Waals surface area contributed by atoms with Gasteiger partial charge in [-0.25, -0.2) is 4.79 Å². The largest absolute Gasteiger partial charge is 0.481 e. The number of anilines is 3. The average molecular weight is 593 g/mol. The maximum atomic E-state index is 13.2. The minimum atomic E-state index is -0.962. The molecule has 0 aliphatic carbocycles. The normalized spacial score (nSPS) is 11.2. The van der Waals surface area contributed by atoms with Crippen LogP contribution in [0.4, 0.5) is 21.9 Å². The summed E-state index contributed by atoms with van der Waals surface area (Å²) in [7, 11) is 3.38. The number of nitrogens with zero attached hydrogens (tertiary/aromatic N) is 2. The van der Waals surface area contributed by atoms with Gasteiger partial charge in [0.25, 0.3) is 5.91 Å². The fraction of sp³-hybridized carbons (Fsp3) is 0.200. The molecule has 4 amide bonds. The minimum Gasteiger partial charge on any atom is -0.481 e. The van der Waals surface area contributed by atoms with Crippen molar-refractivity contribution in [2.45, 2.75) is 32.2 Å². The Morgan fingerprint density at radius 2 is 1.48 bits per heavy atom. The third kappa shape index (κ3) is 8.32. The standard InChI is InChI=1S/C35H36N4O5/c1-24-10-7-8-15-31(24)39(3)35(44)36-28-18-16-25(17-19-28)22-32(40)38(2)29-14-9-13-27(23-29)30(20-21-33(41)42)37-34(43)26-11-5-4-6-12-26/h4-19,23,30H,20-22H2,1-3H3,(H,36,44)(H,37,43)(H,41,42). The predicted octanol–water partition coefficient (Wildman–Crippen LogP) is 6.20. The lowest BCUT2D eigenvalue weighted by Gasteiger charge is -2.22. The van der Waals surface area contributed by atoms with Gasteiger partial charge in [-0.3, -0.25) is 19.3 Å². The first kappa shape index (κ1) is 31.5. The van der Waals surface area contributed by atoms with E-state index in [0.717, 1.165) is 16.8 Å². The van der Waals surface area contributed by atoms with Gasteiger partial charge in [0, 0.05) is 43.1 Å². The maximum Gasteiger partial charge on any atom is 0.326 e. The fourth-order valence-electron chi connectivity index (χ4n) is 4.77. The van der Waals surface area contributed by atoms with Crippen LogP contribution in [0.5, 0.6) is 0 Å². The zero-order valence-corrected chi connectivity index (χ0v) is 25.0. The lowest BCUT2D eigenvalue weighted by atomic mass is 10.00. The van der Waals surface area contributed by atoms with Crippen LogP contribution in [0.1, 0.15) is 45.9 Å². The van der Waals surface area contributed by atoms with Crippen LogP contribution in [0.2, 0.25) is 0 Å². The third-order valence-corrected chi connectivity index (χ3v) is 7.36. The van der Waals surface area contributed by atoms with Crippen molar-refractivity contribution >= 4 is 40.9 Å². The Labute approximate surface area is 257 Å². The van der Waals surface area contributed by atoms with Gasteiger partial charge in [0.1, 0.15) is 0 Å². The highest BCUT2D eigenvalue weighted by Gasteiger charge is 2.20. The minimum absolute atomic E-state index is 0.128. The Morgan fingerprint density at radius 3 is 2.16 bits per heavy atom. The number of rotatable bonds is 11. The summed E-state index contributed by atoms with van der Waals surface area (Å²) in [6.07, 6.45) is 0.196. The molecule has 4 aromatic rings. The molecule has 0 saturated carbocycles. The van der Waals surface area contributed by atoms with Crippen LogP contribution in [0.15, 0.2) is 103 Å². The number of para-hydroxylation sites is 1. The number of aliphatic carboxylic acids is 1. The number of hydrogen-bond donors (Lipinski definition) is 3. The van der Waals surface area contributed by atoms with Crippen molar-refractivity contribution < 1.29 is 24.3 Å². The summed E-state index contributed by atoms with van der Waals surface area (Å²) in [5.74, 6) is -1.43. The Hall–Kier alpha value is -5.44. The van der Waals surface area contributed by atoms with Crippen molar-refractivity contribution in [1.82, 2.24) is 5.32 Å². The van der Waals surface area contributed by atoms with E-state index in [1.54, 1.807) is 85.7 Å². The quantitative estimate of drug-likeness (QED) is 0.192. The summed E-state index contributed by atoms with van der Waals surface area (Å²) < 4.78 is 0. The molecule has 0 bridgehead atoms. The number of hydrogen-bond acceptors (Lipinski definition) is 4. The molecule has 226 valence electrons. The highest BCUT2D eigenvalue weighted by atomic mass is 16.4. The molecule has 0 heterocycles. The molecule has 44 heavy (non-hydrogen) atoms. The van der Waals surface area contributed by atoms with Crippen molar-refractivity contribution in [3.63, 3.8) is 0 Å². The van der Waals surface area contributed by atoms with E-state index in [0.29, 0.717) is 22.5 Å². The molecule has 0 aliphatic rings. The molecule has 4 aromatic carbocycles. The topological polar surface area (TPSA) is 119 Å². The Morgan fingerprint density at radius 1 is 0.795 bits per heavy atom. The third-order valence-electron chi connectivity index (χ3n) is 7.36. The van der Waals surface area contributed by atoms with Crippen molar-refractivity contribution in [2.24, 2.45) is 0 Å². The summed E-state index contributed by atoms with van der Waals surface area (Å²) in [4.78, 5) is 53.2. The van der Waals surface area contributed by atoms with E-state index in [1.165, 1.54) is 4.90 Å². The molecule has 0 aromatic heterocycles. The Kier molecular flexibility index (Phi) is 10.5. The number of urea groups is 1. The van der Waals surface area contributed by atoms with E-state index in [2.05, 4.69) is 10.6 Å². The number of amides is 4. The van der Waals surface area contributed by atoms with Crippen LogP contribution in [0.25, 0.3) is 0 Å². The number of likely N-dealkylation sites (N-methyl/N-ethyl adjacent to an activating group) is 1. The van der Waals surface area contributed by atoms with Crippen LogP contribution < -0.4 is 20.4 Å². The van der Waals surface area contributed by atoms with Crippen LogP contribution >= 0.6 is 0 Å². The van der Waals surface area contributed by atoms with Gasteiger partial charge in [-0.1, -0.05) is 60.7 Å². The van der Waals surface area contributed by atoms with E-state index >= 15 is 0 Å². The molecule has 0 fully saturated rings. The molecule has 3 N–H and O–H groups in total. The molecule has 0 radical (unpaired) electrons. The monoisotopic (exact) mass is 592 g/mol. The fourth-order valence-corrected chi connectivity index (χ4v) is 4.77. The van der Waals surface area contributed by atoms with Crippen LogP contribution in [-0.4, -0.2) is 43.0 Å². The summed E-state index contributed by atoms with van der Waals surface area (Å²) in [6, 6.07) is 29.8. The van der Waals surface area contributed by atoms with Gasteiger partial charge in [0.2, 0.25) is 5.91 Å². The molecule has 9 heteroatoms. The first-order valence-electron chi connectivity index (χ1n) is 14.3. The van der Waals surface area contributed by atoms with Crippen LogP contribution in [0, 0.1) is 6.92 Å². The molecule has 0 spiro atoms. The first-order valence-corrected chi connectivity index (χ1v) is 14.3. The highest BCUT2D eigenvalue weighted by Crippen LogP contribution is 2.25. The number of aryl methyl sites for hydroxylation is 1. The highest BCUT2D eigenvalue weighted by molar-refractivity contribution is 6.02. The molecule has 4 rings (SSSR count). The number of benzene rings is 4. The van der Waals surface area contributed by atoms with E-state index in [-0.39, 0.29) is 37.1 Å². The zero-order valence-electron chi connectivity index (χ0n) is 25.0. The van der Waals surface area contributed by atoms with Gasteiger partial charge in [-0.15, -0.1) is 0 Å². The molecular formula is C35H36N4O5. The van der Waals surface area contributed by atoms with Crippen LogP contribution in [0.3, 0.4) is 0 Å². The van der Waals surface area contributed by atoms with E-state index < -0.39 is 12.0 Å². The van der Waals surface area contributed by atoms with Crippen molar-refractivity contribution in [1.29, 1.82) is 0 Å². The Balaban J connectivity index is 1.41. The number of carboxylic acid groups (broad SMARTS) is 1. The molecule has 1 atom stereocenters. The lowest BCUT2D eigenvalue weighted by molar-refractivity contribution is -0.137. The van der Waals surface area contributed by atoms with Gasteiger partial charge in [-0.05, 0) is 72.5 Å². The van der Waals surface area contributed by atoms with Crippen molar-refractivity contribution in [2.75, 3.05) is 29.2 Å². The predicted molar refractivity (Wildman–Crippen MR) is 172 cm³/mol. The lowest BCUT2D eigenvalue weighted by Crippen LogP contribution is -2.31. The zero-order chi connectivity index (χ0) is 31.6. The maximum absolute atomic E-state index is 13.2. The number of carbonyl (C=O) groups excluding carboxylic acids is 3. The smallest absolute Gasteiger partial charge is 0.326 e. The van der Waals surface area contributed by atoms with E-state index in [9.17, 15) is 24.3 Å². The molecule has 9 nitrogen and oxygen atoms in total.